The van der Waals surface area contributed by atoms with Crippen LogP contribution in [-0.4, -0.2) is 9.13 Å². The second-order valence-electron chi connectivity index (χ2n) is 8.41. The fraction of sp³-hybridized carbons (Fsp3) is 0.0323. The molecule has 0 saturated heterocycles. The first kappa shape index (κ1) is 18.1. The van der Waals surface area contributed by atoms with E-state index in [4.69, 9.17) is 0 Å². The van der Waals surface area contributed by atoms with Crippen molar-refractivity contribution in [3.63, 3.8) is 0 Å². The molecule has 0 N–H and O–H groups in total. The van der Waals surface area contributed by atoms with Crippen molar-refractivity contribution >= 4 is 49.3 Å². The highest BCUT2D eigenvalue weighted by Crippen LogP contribution is 2.42. The lowest BCUT2D eigenvalue weighted by molar-refractivity contribution is 1.16. The van der Waals surface area contributed by atoms with Gasteiger partial charge in [-0.2, -0.15) is 0 Å². The molecule has 0 spiro atoms. The highest BCUT2D eigenvalue weighted by Gasteiger charge is 2.20. The number of hydrogen-bond donors (Lipinski definition) is 0. The summed E-state index contributed by atoms with van der Waals surface area (Å²) in [5.41, 5.74) is 7.29. The van der Waals surface area contributed by atoms with Crippen LogP contribution >= 0.6 is 0 Å². The highest BCUT2D eigenvalue weighted by atomic mass is 15.0. The number of benzene rings is 4. The molecular weight excluding hydrogens is 400 g/mol. The molecule has 4 aromatic carbocycles. The maximum atomic E-state index is 3.30. The van der Waals surface area contributed by atoms with Gasteiger partial charge in [-0.1, -0.05) is 78.6 Å². The fourth-order valence-corrected chi connectivity index (χ4v) is 5.28. The molecule has 0 bridgehead atoms. The molecule has 1 aliphatic rings. The SMILES string of the molecule is C1#CCC(n2c3ccccc3c3ccc4c(c5ccccc5n4-c4ccccc4)c32)=CC=C1. The van der Waals surface area contributed by atoms with Gasteiger partial charge in [-0.05, 0) is 42.5 Å². The number of aromatic nitrogens is 2. The van der Waals surface area contributed by atoms with Gasteiger partial charge in [0.05, 0.1) is 28.5 Å². The van der Waals surface area contributed by atoms with E-state index in [9.17, 15) is 0 Å². The van der Waals surface area contributed by atoms with E-state index >= 15 is 0 Å². The van der Waals surface area contributed by atoms with Crippen LogP contribution in [0.4, 0.5) is 0 Å². The zero-order valence-electron chi connectivity index (χ0n) is 18.0. The van der Waals surface area contributed by atoms with Gasteiger partial charge in [-0.25, -0.2) is 0 Å². The lowest BCUT2D eigenvalue weighted by atomic mass is 10.1. The molecule has 6 aromatic rings. The fourth-order valence-electron chi connectivity index (χ4n) is 5.28. The average Bonchev–Trinajstić information content (AvgIpc) is 3.24. The van der Waals surface area contributed by atoms with Crippen LogP contribution in [0.2, 0.25) is 0 Å². The summed E-state index contributed by atoms with van der Waals surface area (Å²) >= 11 is 0. The predicted molar refractivity (Wildman–Crippen MR) is 140 cm³/mol. The van der Waals surface area contributed by atoms with Crippen molar-refractivity contribution in [2.75, 3.05) is 0 Å². The number of fused-ring (bicyclic) bond motifs is 7. The normalized spacial score (nSPS) is 13.4. The zero-order chi connectivity index (χ0) is 21.8. The molecule has 1 aliphatic carbocycles. The monoisotopic (exact) mass is 420 g/mol. The van der Waals surface area contributed by atoms with Crippen LogP contribution in [0.25, 0.3) is 55.0 Å². The summed E-state index contributed by atoms with van der Waals surface area (Å²) in [5, 5.41) is 5.09. The van der Waals surface area contributed by atoms with Crippen LogP contribution in [0.15, 0.2) is 109 Å². The van der Waals surface area contributed by atoms with Gasteiger partial charge in [0.2, 0.25) is 0 Å². The number of rotatable bonds is 2. The standard InChI is InChI=1S/C31H20N2/c1-2-5-15-23(14-4-1)33-27-18-10-8-16-24(27)25-20-21-29-30(31(25)33)26-17-9-11-19-28(26)32(29)22-12-6-3-7-13-22/h1,3-4,6-14,16-21H,15H2. The largest absolute Gasteiger partial charge is 0.311 e. The second kappa shape index (κ2) is 7.02. The van der Waals surface area contributed by atoms with E-state index in [0.717, 1.165) is 0 Å². The summed E-state index contributed by atoms with van der Waals surface area (Å²) in [6.45, 7) is 0. The Balaban J connectivity index is 1.74. The topological polar surface area (TPSA) is 9.86 Å². The van der Waals surface area contributed by atoms with Gasteiger partial charge in [0.25, 0.3) is 0 Å². The third-order valence-electron chi connectivity index (χ3n) is 6.61. The van der Waals surface area contributed by atoms with Crippen molar-refractivity contribution in [2.45, 2.75) is 6.42 Å². The summed E-state index contributed by atoms with van der Waals surface area (Å²) in [7, 11) is 0. The number of allylic oxidation sites excluding steroid dienone is 4. The van der Waals surface area contributed by atoms with Crippen molar-refractivity contribution < 1.29 is 0 Å². The Morgan fingerprint density at radius 3 is 2.18 bits per heavy atom. The maximum Gasteiger partial charge on any atom is 0.0638 e. The highest BCUT2D eigenvalue weighted by molar-refractivity contribution is 6.26. The van der Waals surface area contributed by atoms with E-state index in [0.29, 0.717) is 6.42 Å². The summed E-state index contributed by atoms with van der Waals surface area (Å²) < 4.78 is 4.81. The number of para-hydroxylation sites is 3. The third-order valence-corrected chi connectivity index (χ3v) is 6.61. The van der Waals surface area contributed by atoms with Crippen molar-refractivity contribution in [3.8, 4) is 17.5 Å². The molecule has 0 aliphatic heterocycles. The summed E-state index contributed by atoms with van der Waals surface area (Å²) in [6, 6.07) is 32.7. The Morgan fingerprint density at radius 2 is 1.33 bits per heavy atom. The van der Waals surface area contributed by atoms with E-state index in [1.807, 2.05) is 6.08 Å². The minimum atomic E-state index is 0.717. The Labute approximate surface area is 191 Å². The smallest absolute Gasteiger partial charge is 0.0638 e. The first-order valence-electron chi connectivity index (χ1n) is 11.3. The van der Waals surface area contributed by atoms with Crippen LogP contribution in [0.3, 0.4) is 0 Å². The third kappa shape index (κ3) is 2.57. The minimum Gasteiger partial charge on any atom is -0.311 e. The van der Waals surface area contributed by atoms with E-state index < -0.39 is 0 Å². The molecular formula is C31H20N2. The van der Waals surface area contributed by atoms with Crippen LogP contribution in [0, 0.1) is 11.8 Å². The Kier molecular flexibility index (Phi) is 3.85. The molecule has 154 valence electrons. The first-order valence-corrected chi connectivity index (χ1v) is 11.3. The lowest BCUT2D eigenvalue weighted by Crippen LogP contribution is -1.97. The van der Waals surface area contributed by atoms with Crippen molar-refractivity contribution in [1.82, 2.24) is 9.13 Å². The number of nitrogens with zero attached hydrogens (tertiary/aromatic N) is 2. The molecule has 0 atom stereocenters. The molecule has 0 amide bonds. The van der Waals surface area contributed by atoms with E-state index in [1.165, 1.54) is 55.0 Å². The van der Waals surface area contributed by atoms with Crippen molar-refractivity contribution in [1.29, 1.82) is 0 Å². The summed E-state index contributed by atoms with van der Waals surface area (Å²) in [6.07, 6.45) is 6.89. The minimum absolute atomic E-state index is 0.717. The Hall–Kier alpha value is -4.48. The summed E-state index contributed by atoms with van der Waals surface area (Å²) in [4.78, 5) is 0. The molecule has 2 heterocycles. The van der Waals surface area contributed by atoms with Crippen LogP contribution in [-0.2, 0) is 0 Å². The molecule has 0 saturated carbocycles. The van der Waals surface area contributed by atoms with Crippen LogP contribution in [0.1, 0.15) is 6.42 Å². The van der Waals surface area contributed by atoms with Crippen LogP contribution in [0.5, 0.6) is 0 Å². The molecule has 2 nitrogen and oxygen atoms in total. The average molecular weight is 421 g/mol. The molecule has 7 rings (SSSR count). The van der Waals surface area contributed by atoms with Gasteiger partial charge in [0.1, 0.15) is 0 Å². The van der Waals surface area contributed by atoms with E-state index in [2.05, 4.69) is 124 Å². The van der Waals surface area contributed by atoms with E-state index in [1.54, 1.807) is 0 Å². The van der Waals surface area contributed by atoms with Gasteiger partial charge < -0.3 is 9.13 Å². The molecule has 2 aromatic heterocycles. The maximum absolute atomic E-state index is 3.30. The Bertz CT molecular complexity index is 1830. The molecule has 0 fully saturated rings. The Morgan fingerprint density at radius 1 is 0.606 bits per heavy atom. The molecule has 0 unspecified atom stereocenters. The van der Waals surface area contributed by atoms with Crippen molar-refractivity contribution in [3.05, 3.63) is 109 Å². The van der Waals surface area contributed by atoms with Gasteiger partial charge in [-0.15, -0.1) is 0 Å². The number of hydrogen-bond acceptors (Lipinski definition) is 0. The van der Waals surface area contributed by atoms with Gasteiger partial charge in [0, 0.05) is 32.9 Å². The second-order valence-corrected chi connectivity index (χ2v) is 8.41. The van der Waals surface area contributed by atoms with E-state index in [-0.39, 0.29) is 0 Å². The van der Waals surface area contributed by atoms with Crippen molar-refractivity contribution in [2.24, 2.45) is 0 Å². The quantitative estimate of drug-likeness (QED) is 0.254. The molecule has 0 radical (unpaired) electrons. The summed E-state index contributed by atoms with van der Waals surface area (Å²) in [5.74, 6) is 6.43. The molecule has 2 heteroatoms. The lowest BCUT2D eigenvalue weighted by Gasteiger charge is -2.11. The van der Waals surface area contributed by atoms with Gasteiger partial charge in [-0.3, -0.25) is 0 Å². The molecule has 33 heavy (non-hydrogen) atoms. The zero-order valence-corrected chi connectivity index (χ0v) is 18.0. The van der Waals surface area contributed by atoms with Gasteiger partial charge >= 0.3 is 0 Å². The first-order chi connectivity index (χ1) is 16.4. The predicted octanol–water partition coefficient (Wildman–Crippen LogP) is 7.70. The van der Waals surface area contributed by atoms with Gasteiger partial charge in [0.15, 0.2) is 0 Å². The van der Waals surface area contributed by atoms with Crippen LogP contribution < -0.4 is 0 Å².